The molecule has 1 heterocycles. The van der Waals surface area contributed by atoms with Crippen LogP contribution in [0.1, 0.15) is 0 Å². The Hall–Kier alpha value is -0.730. The fourth-order valence-corrected chi connectivity index (χ4v) is 0.369. The number of halogens is 1. The van der Waals surface area contributed by atoms with Gasteiger partial charge in [-0.2, -0.15) is 4.39 Å². The van der Waals surface area contributed by atoms with Gasteiger partial charge in [-0.15, -0.1) is 0 Å². The molecule has 0 radical (unpaired) electrons. The Bertz CT molecular complexity index is 91.7. The van der Waals surface area contributed by atoms with Crippen LogP contribution in [0.5, 0.6) is 0 Å². The van der Waals surface area contributed by atoms with E-state index in [9.17, 15) is 4.39 Å². The van der Waals surface area contributed by atoms with E-state index in [4.69, 9.17) is 0 Å². The molecule has 0 aromatic carbocycles. The van der Waals surface area contributed by atoms with E-state index in [0.29, 0.717) is 0 Å². The lowest BCUT2D eigenvalue weighted by molar-refractivity contribution is 0.0502. The summed E-state index contributed by atoms with van der Waals surface area (Å²) in [6.45, 7) is 3.21. The molecular formula is C4H5FO2. The molecule has 0 saturated carbocycles. The first-order chi connectivity index (χ1) is 3.29. The molecule has 0 bridgehead atoms. The number of ether oxygens (including phenoxy) is 2. The summed E-state index contributed by atoms with van der Waals surface area (Å²) in [5.74, 6) is 0.0764. The van der Waals surface area contributed by atoms with Crippen LogP contribution in [-0.4, -0.2) is 13.0 Å². The monoisotopic (exact) mass is 104 g/mol. The smallest absolute Gasteiger partial charge is 0.275 e. The largest absolute Gasteiger partial charge is 0.459 e. The summed E-state index contributed by atoms with van der Waals surface area (Å²) in [7, 11) is 0. The molecule has 1 saturated heterocycles. The van der Waals surface area contributed by atoms with Crippen LogP contribution in [0.4, 0.5) is 4.39 Å². The van der Waals surface area contributed by atoms with Crippen molar-refractivity contribution in [1.29, 1.82) is 0 Å². The van der Waals surface area contributed by atoms with Crippen LogP contribution in [0.2, 0.25) is 0 Å². The molecule has 7 heavy (non-hydrogen) atoms. The Morgan fingerprint density at radius 1 is 1.86 bits per heavy atom. The molecule has 0 aliphatic carbocycles. The van der Waals surface area contributed by atoms with Crippen LogP contribution in [0.15, 0.2) is 12.5 Å². The Kier molecular flexibility index (Phi) is 0.889. The minimum Gasteiger partial charge on any atom is -0.459 e. The summed E-state index contributed by atoms with van der Waals surface area (Å²) in [4.78, 5) is 0. The lowest BCUT2D eigenvalue weighted by atomic mass is 10.8. The second-order valence-electron chi connectivity index (χ2n) is 1.21. The van der Waals surface area contributed by atoms with E-state index in [0.717, 1.165) is 0 Å². The predicted molar refractivity (Wildman–Crippen MR) is 21.1 cm³/mol. The van der Waals surface area contributed by atoms with Gasteiger partial charge in [-0.05, 0) is 6.58 Å². The maximum Gasteiger partial charge on any atom is 0.275 e. The van der Waals surface area contributed by atoms with Gasteiger partial charge in [0.15, 0.2) is 6.61 Å². The highest BCUT2D eigenvalue weighted by Gasteiger charge is 2.17. The first-order valence-electron chi connectivity index (χ1n) is 1.91. The molecule has 0 N–H and O–H groups in total. The molecule has 0 spiro atoms. The van der Waals surface area contributed by atoms with Crippen LogP contribution in [0, 0.1) is 0 Å². The highest BCUT2D eigenvalue weighted by Crippen LogP contribution is 2.12. The highest BCUT2D eigenvalue weighted by molar-refractivity contribution is 4.74. The van der Waals surface area contributed by atoms with Crippen LogP contribution < -0.4 is 0 Å². The number of hydrogen-bond acceptors (Lipinski definition) is 2. The van der Waals surface area contributed by atoms with Gasteiger partial charge < -0.3 is 9.47 Å². The summed E-state index contributed by atoms with van der Waals surface area (Å²) in [5, 5.41) is 0. The summed E-state index contributed by atoms with van der Waals surface area (Å²) in [6, 6.07) is 0. The second kappa shape index (κ2) is 1.40. The quantitative estimate of drug-likeness (QED) is 0.452. The van der Waals surface area contributed by atoms with Crippen molar-refractivity contribution in [1.82, 2.24) is 0 Å². The molecular weight excluding hydrogens is 99.0 g/mol. The molecule has 0 amide bonds. The van der Waals surface area contributed by atoms with Crippen molar-refractivity contribution in [3.05, 3.63) is 12.5 Å². The molecule has 0 aromatic heterocycles. The molecule has 40 valence electrons. The fraction of sp³-hybridized carbons (Fsp3) is 0.500. The summed E-state index contributed by atoms with van der Waals surface area (Å²) in [5.41, 5.74) is 0. The topological polar surface area (TPSA) is 18.5 Å². The maximum absolute atomic E-state index is 11.8. The standard InChI is InChI=1S/C4H5FO2/c1-3-6-2-4(5)7-3/h4H,1-2H2. The van der Waals surface area contributed by atoms with Crippen LogP contribution in [0.3, 0.4) is 0 Å². The van der Waals surface area contributed by atoms with Crippen molar-refractivity contribution in [2.45, 2.75) is 6.36 Å². The van der Waals surface area contributed by atoms with E-state index in [1.165, 1.54) is 0 Å². The number of alkyl halides is 1. The third kappa shape index (κ3) is 0.824. The van der Waals surface area contributed by atoms with Crippen LogP contribution in [0.25, 0.3) is 0 Å². The molecule has 1 aliphatic heterocycles. The lowest BCUT2D eigenvalue weighted by Gasteiger charge is -1.90. The van der Waals surface area contributed by atoms with Crippen molar-refractivity contribution in [2.24, 2.45) is 0 Å². The van der Waals surface area contributed by atoms with E-state index in [2.05, 4.69) is 16.1 Å². The zero-order chi connectivity index (χ0) is 5.28. The highest BCUT2D eigenvalue weighted by atomic mass is 19.1. The molecule has 1 aliphatic rings. The van der Waals surface area contributed by atoms with Gasteiger partial charge in [-0.3, -0.25) is 0 Å². The van der Waals surface area contributed by atoms with Gasteiger partial charge in [0.25, 0.3) is 12.3 Å². The van der Waals surface area contributed by atoms with E-state index in [1.54, 1.807) is 0 Å². The third-order valence-electron chi connectivity index (χ3n) is 0.635. The average molecular weight is 104 g/mol. The second-order valence-corrected chi connectivity index (χ2v) is 1.21. The van der Waals surface area contributed by atoms with Crippen molar-refractivity contribution in [2.75, 3.05) is 6.61 Å². The van der Waals surface area contributed by atoms with Gasteiger partial charge in [0, 0.05) is 0 Å². The first-order valence-corrected chi connectivity index (χ1v) is 1.91. The number of hydrogen-bond donors (Lipinski definition) is 0. The molecule has 1 rings (SSSR count). The normalized spacial score (nSPS) is 29.3. The minimum absolute atomic E-state index is 0.0150. The van der Waals surface area contributed by atoms with Crippen molar-refractivity contribution in [3.63, 3.8) is 0 Å². The lowest BCUT2D eigenvalue weighted by Crippen LogP contribution is -1.97. The Balaban J connectivity index is 2.40. The Morgan fingerprint density at radius 2 is 2.57 bits per heavy atom. The van der Waals surface area contributed by atoms with Crippen molar-refractivity contribution < 1.29 is 13.9 Å². The van der Waals surface area contributed by atoms with Gasteiger partial charge in [-0.1, -0.05) is 0 Å². The van der Waals surface area contributed by atoms with E-state index in [1.807, 2.05) is 0 Å². The summed E-state index contributed by atoms with van der Waals surface area (Å²) in [6.07, 6.45) is -1.30. The minimum atomic E-state index is -1.30. The van der Waals surface area contributed by atoms with Gasteiger partial charge >= 0.3 is 0 Å². The average Bonchev–Trinajstić information content (AvgIpc) is 1.87. The SMILES string of the molecule is C=C1OCC(F)O1. The molecule has 1 atom stereocenters. The van der Waals surface area contributed by atoms with Gasteiger partial charge in [-0.25, -0.2) is 0 Å². The van der Waals surface area contributed by atoms with Crippen molar-refractivity contribution >= 4 is 0 Å². The predicted octanol–water partition coefficient (Wildman–Crippen LogP) is 0.800. The first kappa shape index (κ1) is 4.43. The fourth-order valence-electron chi connectivity index (χ4n) is 0.369. The van der Waals surface area contributed by atoms with Gasteiger partial charge in [0.2, 0.25) is 0 Å². The zero-order valence-corrected chi connectivity index (χ0v) is 3.69. The molecule has 1 unspecified atom stereocenters. The Labute approximate surface area is 40.5 Å². The molecule has 2 nitrogen and oxygen atoms in total. The molecule has 3 heteroatoms. The Morgan fingerprint density at radius 3 is 2.71 bits per heavy atom. The maximum atomic E-state index is 11.8. The zero-order valence-electron chi connectivity index (χ0n) is 3.69. The van der Waals surface area contributed by atoms with Crippen molar-refractivity contribution in [3.8, 4) is 0 Å². The molecule has 0 aromatic rings. The van der Waals surface area contributed by atoms with E-state index in [-0.39, 0.29) is 12.6 Å². The number of rotatable bonds is 0. The van der Waals surface area contributed by atoms with Crippen LogP contribution >= 0.6 is 0 Å². The third-order valence-corrected chi connectivity index (χ3v) is 0.635. The van der Waals surface area contributed by atoms with E-state index < -0.39 is 6.36 Å². The van der Waals surface area contributed by atoms with Crippen LogP contribution in [-0.2, 0) is 9.47 Å². The summed E-state index contributed by atoms with van der Waals surface area (Å²) >= 11 is 0. The van der Waals surface area contributed by atoms with Gasteiger partial charge in [0.1, 0.15) is 0 Å². The van der Waals surface area contributed by atoms with E-state index >= 15 is 0 Å². The summed E-state index contributed by atoms with van der Waals surface area (Å²) < 4.78 is 20.5. The molecule has 1 fully saturated rings. The van der Waals surface area contributed by atoms with Gasteiger partial charge in [0.05, 0.1) is 0 Å².